The predicted octanol–water partition coefficient (Wildman–Crippen LogP) is 6.88. The number of fused-ring (bicyclic) bond motifs is 1. The molecule has 0 saturated heterocycles. The molecule has 32 heavy (non-hydrogen) atoms. The molecule has 0 aliphatic heterocycles. The normalized spacial score (nSPS) is 11.2. The molecule has 4 aromatic heterocycles. The van der Waals surface area contributed by atoms with Crippen molar-refractivity contribution >= 4 is 45.6 Å². The van der Waals surface area contributed by atoms with Crippen molar-refractivity contribution in [1.82, 2.24) is 19.5 Å². The van der Waals surface area contributed by atoms with E-state index in [9.17, 15) is 0 Å². The van der Waals surface area contributed by atoms with Crippen molar-refractivity contribution in [1.29, 1.82) is 0 Å². The Kier molecular flexibility index (Phi) is 5.87. The van der Waals surface area contributed by atoms with E-state index in [1.54, 1.807) is 35.5 Å². The highest BCUT2D eigenvalue weighted by atomic mass is 35.5. The predicted molar refractivity (Wildman–Crippen MR) is 130 cm³/mol. The Balaban J connectivity index is 1.51. The largest absolute Gasteiger partial charge is 0.487 e. The number of hydrogen-bond acceptors (Lipinski definition) is 6. The van der Waals surface area contributed by atoms with Crippen molar-refractivity contribution in [2.75, 3.05) is 0 Å². The van der Waals surface area contributed by atoms with Gasteiger partial charge in [-0.3, -0.25) is 4.98 Å². The molecule has 0 amide bonds. The molecule has 0 N–H and O–H groups in total. The van der Waals surface area contributed by atoms with E-state index in [2.05, 4.69) is 38.1 Å². The molecule has 0 fully saturated rings. The molecule has 1 aromatic carbocycles. The molecular weight excluding hydrogens is 460 g/mol. The van der Waals surface area contributed by atoms with E-state index in [-0.39, 0.29) is 0 Å². The first-order chi connectivity index (χ1) is 15.6. The summed E-state index contributed by atoms with van der Waals surface area (Å²) in [5.41, 5.74) is 3.67. The summed E-state index contributed by atoms with van der Waals surface area (Å²) in [7, 11) is 0. The van der Waals surface area contributed by atoms with Gasteiger partial charge in [-0.05, 0) is 37.4 Å². The third kappa shape index (κ3) is 4.11. The lowest BCUT2D eigenvalue weighted by molar-refractivity contribution is 0.306. The number of aromatic nitrogens is 4. The average molecular weight is 479 g/mol. The molecule has 8 heteroatoms. The van der Waals surface area contributed by atoms with Crippen molar-refractivity contribution in [3.63, 3.8) is 0 Å². The first-order valence-electron chi connectivity index (χ1n) is 9.97. The minimum absolute atomic E-state index is 0.323. The van der Waals surface area contributed by atoms with E-state index in [1.165, 1.54) is 4.21 Å². The first kappa shape index (κ1) is 21.0. The van der Waals surface area contributed by atoms with Gasteiger partial charge in [0.1, 0.15) is 23.7 Å². The Morgan fingerprint density at radius 1 is 1.16 bits per heavy atom. The number of pyridine rings is 2. The third-order valence-corrected chi connectivity index (χ3v) is 7.47. The summed E-state index contributed by atoms with van der Waals surface area (Å²) in [6, 6.07) is 12.2. The van der Waals surface area contributed by atoms with Gasteiger partial charge in [0.2, 0.25) is 0 Å². The summed E-state index contributed by atoms with van der Waals surface area (Å²) in [5, 5.41) is 3.65. The van der Waals surface area contributed by atoms with Crippen molar-refractivity contribution in [3.05, 3.63) is 88.7 Å². The Morgan fingerprint density at radius 2 is 2.06 bits per heavy atom. The zero-order chi connectivity index (χ0) is 22.1. The first-order valence-corrected chi connectivity index (χ1v) is 12.0. The number of benzene rings is 1. The molecule has 0 radical (unpaired) electrons. The van der Waals surface area contributed by atoms with Gasteiger partial charge in [0.05, 0.1) is 14.9 Å². The monoisotopic (exact) mass is 478 g/mol. The highest BCUT2D eigenvalue weighted by Crippen LogP contribution is 2.37. The van der Waals surface area contributed by atoms with Gasteiger partial charge in [0.15, 0.2) is 0 Å². The van der Waals surface area contributed by atoms with E-state index in [0.29, 0.717) is 17.4 Å². The van der Waals surface area contributed by atoms with Crippen LogP contribution in [0.4, 0.5) is 0 Å². The van der Waals surface area contributed by atoms with Gasteiger partial charge >= 0.3 is 0 Å². The maximum Gasteiger partial charge on any atom is 0.146 e. The van der Waals surface area contributed by atoms with Crippen LogP contribution in [0, 0.1) is 13.8 Å². The second-order valence-electron chi connectivity index (χ2n) is 7.20. The maximum atomic E-state index is 6.51. The van der Waals surface area contributed by atoms with Gasteiger partial charge in [-0.25, -0.2) is 9.97 Å². The molecule has 5 nitrogen and oxygen atoms in total. The van der Waals surface area contributed by atoms with E-state index >= 15 is 0 Å². The molecule has 0 aliphatic rings. The standard InChI is InChI=1S/C24H19ClN4OS2/c1-15-11-20(29-9-8-27-16(29)2)17-5-3-6-21(24(17)28-15)30-14-18-19(25)12-26-13-22(18)32-23-7-4-10-31-23/h3-13H,14H2,1-2H3. The summed E-state index contributed by atoms with van der Waals surface area (Å²) in [6.07, 6.45) is 7.25. The molecule has 5 rings (SSSR count). The van der Waals surface area contributed by atoms with Crippen molar-refractivity contribution in [3.8, 4) is 11.4 Å². The zero-order valence-corrected chi connectivity index (χ0v) is 19.8. The van der Waals surface area contributed by atoms with Crippen molar-refractivity contribution in [2.45, 2.75) is 29.6 Å². The summed E-state index contributed by atoms with van der Waals surface area (Å²) in [6.45, 7) is 4.30. The van der Waals surface area contributed by atoms with E-state index in [1.807, 2.05) is 44.4 Å². The van der Waals surface area contributed by atoms with E-state index in [4.69, 9.17) is 21.3 Å². The molecule has 0 bridgehead atoms. The molecule has 0 spiro atoms. The Labute approximate surface area is 199 Å². The van der Waals surface area contributed by atoms with Crippen LogP contribution in [-0.2, 0) is 6.61 Å². The molecule has 5 aromatic rings. The van der Waals surface area contributed by atoms with Gasteiger partial charge in [0.25, 0.3) is 0 Å². The van der Waals surface area contributed by atoms with Gasteiger partial charge < -0.3 is 9.30 Å². The van der Waals surface area contributed by atoms with Gasteiger partial charge in [-0.1, -0.05) is 41.6 Å². The van der Waals surface area contributed by atoms with Crippen LogP contribution in [-0.4, -0.2) is 19.5 Å². The fourth-order valence-corrected chi connectivity index (χ4v) is 5.64. The molecule has 4 heterocycles. The molecule has 0 atom stereocenters. The molecule has 160 valence electrons. The van der Waals surface area contributed by atoms with Crippen LogP contribution >= 0.6 is 34.7 Å². The Bertz CT molecular complexity index is 1400. The number of hydrogen-bond donors (Lipinski definition) is 0. The van der Waals surface area contributed by atoms with Crippen LogP contribution in [0.3, 0.4) is 0 Å². The molecule has 0 unspecified atom stereocenters. The number of para-hydroxylation sites is 1. The summed E-state index contributed by atoms with van der Waals surface area (Å²) >= 11 is 9.84. The van der Waals surface area contributed by atoms with Crippen LogP contribution in [0.25, 0.3) is 16.6 Å². The lowest BCUT2D eigenvalue weighted by Crippen LogP contribution is -2.03. The SMILES string of the molecule is Cc1cc(-n2ccnc2C)c2cccc(OCc3c(Cl)cncc3Sc3cccs3)c2n1. The number of nitrogens with zero attached hydrogens (tertiary/aromatic N) is 4. The number of rotatable bonds is 6. The second kappa shape index (κ2) is 8.94. The highest BCUT2D eigenvalue weighted by Gasteiger charge is 2.15. The van der Waals surface area contributed by atoms with Crippen LogP contribution in [0.2, 0.25) is 5.02 Å². The fraction of sp³-hybridized carbons (Fsp3) is 0.125. The van der Waals surface area contributed by atoms with E-state index in [0.717, 1.165) is 38.6 Å². The topological polar surface area (TPSA) is 52.8 Å². The maximum absolute atomic E-state index is 6.51. The Hall–Kier alpha value is -2.87. The molecular formula is C24H19ClN4OS2. The average Bonchev–Trinajstić information content (AvgIpc) is 3.44. The van der Waals surface area contributed by atoms with Gasteiger partial charge in [0, 0.05) is 46.3 Å². The van der Waals surface area contributed by atoms with Crippen molar-refractivity contribution in [2.24, 2.45) is 0 Å². The summed E-state index contributed by atoms with van der Waals surface area (Å²) in [5.74, 6) is 1.63. The van der Waals surface area contributed by atoms with Crippen LogP contribution in [0.1, 0.15) is 17.1 Å². The minimum Gasteiger partial charge on any atom is -0.487 e. The number of aryl methyl sites for hydroxylation is 2. The van der Waals surface area contributed by atoms with Crippen LogP contribution < -0.4 is 4.74 Å². The number of halogens is 1. The third-order valence-electron chi connectivity index (χ3n) is 5.04. The second-order valence-corrected chi connectivity index (χ2v) is 9.90. The molecule has 0 aliphatic carbocycles. The Morgan fingerprint density at radius 3 is 2.84 bits per heavy atom. The quantitative estimate of drug-likeness (QED) is 0.266. The highest BCUT2D eigenvalue weighted by molar-refractivity contribution is 8.01. The fourth-order valence-electron chi connectivity index (χ4n) is 3.53. The number of thiophene rings is 1. The van der Waals surface area contributed by atoms with Crippen LogP contribution in [0.5, 0.6) is 5.75 Å². The van der Waals surface area contributed by atoms with Crippen molar-refractivity contribution < 1.29 is 4.74 Å². The lowest BCUT2D eigenvalue weighted by Gasteiger charge is -2.15. The molecule has 0 saturated carbocycles. The van der Waals surface area contributed by atoms with E-state index < -0.39 is 0 Å². The minimum atomic E-state index is 0.323. The van der Waals surface area contributed by atoms with Gasteiger partial charge in [-0.2, -0.15) is 0 Å². The number of imidazole rings is 1. The lowest BCUT2D eigenvalue weighted by atomic mass is 10.1. The smallest absolute Gasteiger partial charge is 0.146 e. The zero-order valence-electron chi connectivity index (χ0n) is 17.4. The van der Waals surface area contributed by atoms with Crippen LogP contribution in [0.15, 0.2) is 75.7 Å². The summed E-state index contributed by atoms with van der Waals surface area (Å²) < 4.78 is 9.54. The number of ether oxygens (including phenoxy) is 1. The summed E-state index contributed by atoms with van der Waals surface area (Å²) in [4.78, 5) is 14.4. The van der Waals surface area contributed by atoms with Gasteiger partial charge in [-0.15, -0.1) is 11.3 Å².